The van der Waals surface area contributed by atoms with Crippen LogP contribution in [0, 0.1) is 12.8 Å². The van der Waals surface area contributed by atoms with Gasteiger partial charge in [0.05, 0.1) is 11.8 Å². The van der Waals surface area contributed by atoms with E-state index in [0.717, 1.165) is 31.7 Å². The van der Waals surface area contributed by atoms with Crippen molar-refractivity contribution in [1.29, 1.82) is 0 Å². The van der Waals surface area contributed by atoms with Crippen LogP contribution in [-0.2, 0) is 13.6 Å². The Bertz CT molecular complexity index is 713. The van der Waals surface area contributed by atoms with Crippen LogP contribution in [0.2, 0.25) is 0 Å². The fraction of sp³-hybridized carbons (Fsp3) is 0.474. The Kier molecular flexibility index (Phi) is 5.50. The maximum Gasteiger partial charge on any atom is 0.255 e. The standard InChI is InChI=1S/C19H26N4O2/c1-14-17(10-20-22(14)2)19(25)21-18-12-23(9-8-16(18)13-24)11-15-6-4-3-5-7-15/h3-7,10,16,18,24H,8-9,11-13H2,1-2H3,(H,21,25). The molecular formula is C19H26N4O2. The van der Waals surface area contributed by atoms with Crippen LogP contribution in [0.1, 0.15) is 28.0 Å². The molecule has 2 unspecified atom stereocenters. The Morgan fingerprint density at radius 2 is 2.12 bits per heavy atom. The van der Waals surface area contributed by atoms with E-state index in [1.165, 1.54) is 5.56 Å². The second-order valence-corrected chi connectivity index (χ2v) is 6.80. The van der Waals surface area contributed by atoms with Crippen LogP contribution in [0.4, 0.5) is 0 Å². The van der Waals surface area contributed by atoms with Crippen molar-refractivity contribution >= 4 is 5.91 Å². The van der Waals surface area contributed by atoms with Crippen molar-refractivity contribution in [2.75, 3.05) is 19.7 Å². The number of hydrogen-bond donors (Lipinski definition) is 2. The highest BCUT2D eigenvalue weighted by Crippen LogP contribution is 2.20. The lowest BCUT2D eigenvalue weighted by Crippen LogP contribution is -2.53. The number of aromatic nitrogens is 2. The number of carbonyl (C=O) groups excluding carboxylic acids is 1. The minimum absolute atomic E-state index is 0.0606. The summed E-state index contributed by atoms with van der Waals surface area (Å²) in [6.45, 7) is 4.50. The molecule has 134 valence electrons. The SMILES string of the molecule is Cc1c(C(=O)NC2CN(Cc3ccccc3)CCC2CO)cnn1C. The number of piperidine rings is 1. The van der Waals surface area contributed by atoms with Gasteiger partial charge < -0.3 is 10.4 Å². The highest BCUT2D eigenvalue weighted by Gasteiger charge is 2.30. The Hall–Kier alpha value is -2.18. The first-order chi connectivity index (χ1) is 12.1. The van der Waals surface area contributed by atoms with E-state index in [9.17, 15) is 9.90 Å². The summed E-state index contributed by atoms with van der Waals surface area (Å²) >= 11 is 0. The van der Waals surface area contributed by atoms with Gasteiger partial charge in [-0.05, 0) is 25.5 Å². The molecule has 3 rings (SSSR count). The van der Waals surface area contributed by atoms with Gasteiger partial charge in [0, 0.05) is 44.4 Å². The summed E-state index contributed by atoms with van der Waals surface area (Å²) in [5, 5.41) is 16.9. The van der Waals surface area contributed by atoms with E-state index in [4.69, 9.17) is 0 Å². The smallest absolute Gasteiger partial charge is 0.255 e. The lowest BCUT2D eigenvalue weighted by atomic mass is 9.91. The van der Waals surface area contributed by atoms with E-state index in [1.807, 2.05) is 32.2 Å². The number of rotatable bonds is 5. The van der Waals surface area contributed by atoms with Gasteiger partial charge in [0.15, 0.2) is 0 Å². The third kappa shape index (κ3) is 4.08. The van der Waals surface area contributed by atoms with E-state index in [-0.39, 0.29) is 24.5 Å². The molecule has 0 aliphatic carbocycles. The summed E-state index contributed by atoms with van der Waals surface area (Å²) in [4.78, 5) is 14.9. The number of nitrogens with one attached hydrogen (secondary N) is 1. The summed E-state index contributed by atoms with van der Waals surface area (Å²) in [5.41, 5.74) is 2.70. The zero-order chi connectivity index (χ0) is 17.8. The molecule has 2 aromatic rings. The normalized spacial score (nSPS) is 21.2. The fourth-order valence-corrected chi connectivity index (χ4v) is 3.40. The van der Waals surface area contributed by atoms with Crippen molar-refractivity contribution < 1.29 is 9.90 Å². The third-order valence-electron chi connectivity index (χ3n) is 5.12. The summed E-state index contributed by atoms with van der Waals surface area (Å²) < 4.78 is 1.70. The quantitative estimate of drug-likeness (QED) is 0.860. The molecule has 6 heteroatoms. The van der Waals surface area contributed by atoms with Crippen LogP contribution in [0.15, 0.2) is 36.5 Å². The first kappa shape index (κ1) is 17.6. The highest BCUT2D eigenvalue weighted by molar-refractivity contribution is 5.95. The minimum atomic E-state index is -0.115. The predicted molar refractivity (Wildman–Crippen MR) is 96.1 cm³/mol. The molecule has 0 spiro atoms. The molecule has 2 atom stereocenters. The van der Waals surface area contributed by atoms with Crippen molar-refractivity contribution in [2.45, 2.75) is 25.9 Å². The summed E-state index contributed by atoms with van der Waals surface area (Å²) in [7, 11) is 1.82. The van der Waals surface area contributed by atoms with Crippen LogP contribution in [-0.4, -0.2) is 51.4 Å². The van der Waals surface area contributed by atoms with Gasteiger partial charge in [-0.25, -0.2) is 0 Å². The zero-order valence-electron chi connectivity index (χ0n) is 14.9. The van der Waals surface area contributed by atoms with E-state index >= 15 is 0 Å². The number of aryl methyl sites for hydroxylation is 1. The molecule has 1 aromatic heterocycles. The molecule has 0 saturated carbocycles. The molecule has 2 N–H and O–H groups in total. The number of aliphatic hydroxyl groups excluding tert-OH is 1. The minimum Gasteiger partial charge on any atom is -0.396 e. The predicted octanol–water partition coefficient (Wildman–Crippen LogP) is 1.34. The van der Waals surface area contributed by atoms with Crippen LogP contribution < -0.4 is 5.32 Å². The van der Waals surface area contributed by atoms with Crippen molar-refractivity contribution in [2.24, 2.45) is 13.0 Å². The van der Waals surface area contributed by atoms with Crippen molar-refractivity contribution in [3.63, 3.8) is 0 Å². The van der Waals surface area contributed by atoms with Gasteiger partial charge in [0.25, 0.3) is 5.91 Å². The van der Waals surface area contributed by atoms with Crippen molar-refractivity contribution in [1.82, 2.24) is 20.0 Å². The summed E-state index contributed by atoms with van der Waals surface area (Å²) in [6, 6.07) is 10.3. The third-order valence-corrected chi connectivity index (χ3v) is 5.12. The first-order valence-electron chi connectivity index (χ1n) is 8.75. The Morgan fingerprint density at radius 1 is 1.36 bits per heavy atom. The second kappa shape index (κ2) is 7.80. The molecule has 1 amide bonds. The van der Waals surface area contributed by atoms with Crippen molar-refractivity contribution in [3.8, 4) is 0 Å². The topological polar surface area (TPSA) is 70.4 Å². The first-order valence-corrected chi connectivity index (χ1v) is 8.75. The Morgan fingerprint density at radius 3 is 2.76 bits per heavy atom. The number of carbonyl (C=O) groups is 1. The van der Waals surface area contributed by atoms with Crippen LogP contribution in [0.5, 0.6) is 0 Å². The van der Waals surface area contributed by atoms with Gasteiger partial charge in [-0.3, -0.25) is 14.4 Å². The maximum absolute atomic E-state index is 12.6. The van der Waals surface area contributed by atoms with E-state index in [0.29, 0.717) is 5.56 Å². The molecule has 1 saturated heterocycles. The van der Waals surface area contributed by atoms with Gasteiger partial charge in [-0.1, -0.05) is 30.3 Å². The van der Waals surface area contributed by atoms with E-state index in [1.54, 1.807) is 10.9 Å². The van der Waals surface area contributed by atoms with Crippen LogP contribution in [0.3, 0.4) is 0 Å². The summed E-state index contributed by atoms with van der Waals surface area (Å²) in [6.07, 6.45) is 2.48. The lowest BCUT2D eigenvalue weighted by Gasteiger charge is -2.38. The van der Waals surface area contributed by atoms with Crippen LogP contribution in [0.25, 0.3) is 0 Å². The molecule has 1 aromatic carbocycles. The molecule has 0 radical (unpaired) electrons. The Labute approximate surface area is 148 Å². The van der Waals surface area contributed by atoms with Gasteiger partial charge in [0.1, 0.15) is 0 Å². The van der Waals surface area contributed by atoms with Crippen LogP contribution >= 0.6 is 0 Å². The Balaban J connectivity index is 1.67. The van der Waals surface area contributed by atoms with Crippen molar-refractivity contribution in [3.05, 3.63) is 53.3 Å². The number of amides is 1. The molecule has 25 heavy (non-hydrogen) atoms. The second-order valence-electron chi connectivity index (χ2n) is 6.80. The molecule has 1 fully saturated rings. The number of likely N-dealkylation sites (tertiary alicyclic amines) is 1. The monoisotopic (exact) mass is 342 g/mol. The largest absolute Gasteiger partial charge is 0.396 e. The van der Waals surface area contributed by atoms with E-state index in [2.05, 4.69) is 27.4 Å². The molecule has 1 aliphatic heterocycles. The number of nitrogens with zero attached hydrogens (tertiary/aromatic N) is 3. The van der Waals surface area contributed by atoms with Gasteiger partial charge >= 0.3 is 0 Å². The molecule has 0 bridgehead atoms. The lowest BCUT2D eigenvalue weighted by molar-refractivity contribution is 0.0730. The fourth-order valence-electron chi connectivity index (χ4n) is 3.40. The molecular weight excluding hydrogens is 316 g/mol. The molecule has 2 heterocycles. The number of hydrogen-bond acceptors (Lipinski definition) is 4. The average molecular weight is 342 g/mol. The maximum atomic E-state index is 12.6. The van der Waals surface area contributed by atoms with E-state index < -0.39 is 0 Å². The highest BCUT2D eigenvalue weighted by atomic mass is 16.3. The molecule has 1 aliphatic rings. The average Bonchev–Trinajstić information content (AvgIpc) is 2.95. The summed E-state index contributed by atoms with van der Waals surface area (Å²) in [5.74, 6) is -0.0245. The molecule has 6 nitrogen and oxygen atoms in total. The van der Waals surface area contributed by atoms with Gasteiger partial charge in [-0.2, -0.15) is 5.10 Å². The van der Waals surface area contributed by atoms with Gasteiger partial charge in [0.2, 0.25) is 0 Å². The number of benzene rings is 1. The van der Waals surface area contributed by atoms with Gasteiger partial charge in [-0.15, -0.1) is 0 Å². The zero-order valence-corrected chi connectivity index (χ0v) is 14.9. The number of aliphatic hydroxyl groups is 1.